The Kier molecular flexibility index (Phi) is 5.80. The van der Waals surface area contributed by atoms with Crippen LogP contribution in [0.15, 0.2) is 76.7 Å². The van der Waals surface area contributed by atoms with E-state index in [4.69, 9.17) is 4.42 Å². The molecule has 0 fully saturated rings. The van der Waals surface area contributed by atoms with Crippen LogP contribution in [0, 0.1) is 17.1 Å². The second-order valence-electron chi connectivity index (χ2n) is 5.87. The molecule has 1 heterocycles. The van der Waals surface area contributed by atoms with Crippen molar-refractivity contribution in [3.63, 3.8) is 0 Å². The van der Waals surface area contributed by atoms with E-state index in [0.717, 1.165) is 5.56 Å². The molecule has 0 aliphatic rings. The first-order valence-electron chi connectivity index (χ1n) is 8.45. The summed E-state index contributed by atoms with van der Waals surface area (Å²) < 4.78 is 18.6. The lowest BCUT2D eigenvalue weighted by Gasteiger charge is -2.04. The summed E-state index contributed by atoms with van der Waals surface area (Å²) in [6.45, 7) is 0.431. The fraction of sp³-hybridized carbons (Fsp3) is 0.0909. The molecule has 0 unspecified atom stereocenters. The van der Waals surface area contributed by atoms with Gasteiger partial charge < -0.3 is 9.73 Å². The Morgan fingerprint density at radius 2 is 1.81 bits per heavy atom. The highest BCUT2D eigenvalue weighted by Crippen LogP contribution is 2.23. The summed E-state index contributed by atoms with van der Waals surface area (Å²) in [5, 5.41) is 12.0. The molecule has 0 saturated carbocycles. The maximum atomic E-state index is 13.0. The van der Waals surface area contributed by atoms with Crippen LogP contribution in [0.4, 0.5) is 4.39 Å². The maximum absolute atomic E-state index is 13.0. The molecule has 1 N–H and O–H groups in total. The van der Waals surface area contributed by atoms with E-state index in [9.17, 15) is 14.4 Å². The van der Waals surface area contributed by atoms with E-state index in [1.807, 2.05) is 36.4 Å². The Bertz CT molecular complexity index is 983. The summed E-state index contributed by atoms with van der Waals surface area (Å²) in [5.41, 5.74) is 1.78. The third kappa shape index (κ3) is 4.93. The van der Waals surface area contributed by atoms with Crippen LogP contribution in [0.5, 0.6) is 0 Å². The number of hydrogen-bond acceptors (Lipinski definition) is 3. The summed E-state index contributed by atoms with van der Waals surface area (Å²) in [6.07, 6.45) is 2.08. The van der Waals surface area contributed by atoms with Gasteiger partial charge >= 0.3 is 0 Å². The number of nitrogens with one attached hydrogen (secondary N) is 1. The van der Waals surface area contributed by atoms with E-state index in [-0.39, 0.29) is 11.4 Å². The van der Waals surface area contributed by atoms with E-state index in [1.54, 1.807) is 24.3 Å². The summed E-state index contributed by atoms with van der Waals surface area (Å²) >= 11 is 0. The first-order chi connectivity index (χ1) is 13.2. The molecule has 0 spiro atoms. The number of nitrogens with zero attached hydrogens (tertiary/aromatic N) is 1. The van der Waals surface area contributed by atoms with E-state index < -0.39 is 5.91 Å². The second kappa shape index (κ2) is 8.63. The van der Waals surface area contributed by atoms with Crippen LogP contribution in [0.2, 0.25) is 0 Å². The Morgan fingerprint density at radius 3 is 2.52 bits per heavy atom. The van der Waals surface area contributed by atoms with Crippen molar-refractivity contribution in [3.8, 4) is 17.4 Å². The number of halogens is 1. The van der Waals surface area contributed by atoms with Gasteiger partial charge in [0.1, 0.15) is 29.0 Å². The minimum Gasteiger partial charge on any atom is -0.457 e. The fourth-order valence-corrected chi connectivity index (χ4v) is 2.55. The fourth-order valence-electron chi connectivity index (χ4n) is 2.55. The van der Waals surface area contributed by atoms with Gasteiger partial charge in [-0.25, -0.2) is 4.39 Å². The van der Waals surface area contributed by atoms with Gasteiger partial charge in [-0.15, -0.1) is 0 Å². The number of nitriles is 1. The summed E-state index contributed by atoms with van der Waals surface area (Å²) in [5.74, 6) is 0.129. The number of rotatable bonds is 6. The molecule has 2 aromatic carbocycles. The lowest BCUT2D eigenvalue weighted by molar-refractivity contribution is -0.117. The molecule has 4 nitrogen and oxygen atoms in total. The van der Waals surface area contributed by atoms with E-state index >= 15 is 0 Å². The molecular formula is C22H17FN2O2. The molecular weight excluding hydrogens is 343 g/mol. The molecule has 0 aliphatic carbocycles. The second-order valence-corrected chi connectivity index (χ2v) is 5.87. The lowest BCUT2D eigenvalue weighted by Crippen LogP contribution is -2.26. The average molecular weight is 360 g/mol. The zero-order chi connectivity index (χ0) is 19.1. The van der Waals surface area contributed by atoms with Crippen molar-refractivity contribution in [3.05, 3.63) is 89.4 Å². The molecule has 27 heavy (non-hydrogen) atoms. The van der Waals surface area contributed by atoms with Crippen LogP contribution in [-0.2, 0) is 11.2 Å². The molecule has 0 atom stereocenters. The van der Waals surface area contributed by atoms with Gasteiger partial charge in [-0.1, -0.05) is 30.3 Å². The van der Waals surface area contributed by atoms with Gasteiger partial charge in [-0.3, -0.25) is 4.79 Å². The van der Waals surface area contributed by atoms with Crippen molar-refractivity contribution in [2.45, 2.75) is 6.42 Å². The van der Waals surface area contributed by atoms with Crippen molar-refractivity contribution in [2.24, 2.45) is 0 Å². The Morgan fingerprint density at radius 1 is 1.07 bits per heavy atom. The van der Waals surface area contributed by atoms with Crippen molar-refractivity contribution in [1.82, 2.24) is 5.32 Å². The van der Waals surface area contributed by atoms with Crippen molar-refractivity contribution < 1.29 is 13.6 Å². The highest BCUT2D eigenvalue weighted by molar-refractivity contribution is 6.01. The van der Waals surface area contributed by atoms with Gasteiger partial charge in [-0.05, 0) is 48.4 Å². The highest BCUT2D eigenvalue weighted by atomic mass is 19.1. The molecule has 0 radical (unpaired) electrons. The van der Waals surface area contributed by atoms with Crippen LogP contribution < -0.4 is 5.32 Å². The van der Waals surface area contributed by atoms with Gasteiger partial charge in [-0.2, -0.15) is 5.26 Å². The third-order valence-corrected chi connectivity index (χ3v) is 3.95. The minimum absolute atomic E-state index is 0.0388. The standard InChI is InChI=1S/C22H17FN2O2/c23-19-8-6-17(7-9-19)21-11-10-20(27-21)14-18(15-24)22(26)25-13-12-16-4-2-1-3-5-16/h1-11,14H,12-13H2,(H,25,26). The average Bonchev–Trinajstić information content (AvgIpc) is 3.16. The van der Waals surface area contributed by atoms with Gasteiger partial charge in [0.2, 0.25) is 0 Å². The van der Waals surface area contributed by atoms with Crippen molar-refractivity contribution >= 4 is 12.0 Å². The van der Waals surface area contributed by atoms with Crippen LogP contribution >= 0.6 is 0 Å². The number of amides is 1. The monoisotopic (exact) mass is 360 g/mol. The molecule has 1 aromatic heterocycles. The predicted octanol–water partition coefficient (Wildman–Crippen LogP) is 4.35. The third-order valence-electron chi connectivity index (χ3n) is 3.95. The normalized spacial score (nSPS) is 11.0. The predicted molar refractivity (Wildman–Crippen MR) is 101 cm³/mol. The van der Waals surface area contributed by atoms with Gasteiger partial charge in [0, 0.05) is 18.2 Å². The number of carbonyl (C=O) groups excluding carboxylic acids is 1. The van der Waals surface area contributed by atoms with Crippen molar-refractivity contribution in [1.29, 1.82) is 5.26 Å². The molecule has 134 valence electrons. The SMILES string of the molecule is N#CC(=Cc1ccc(-c2ccc(F)cc2)o1)C(=O)NCCc1ccccc1. The topological polar surface area (TPSA) is 66.0 Å². The van der Waals surface area contributed by atoms with Crippen LogP contribution in [0.3, 0.4) is 0 Å². The van der Waals surface area contributed by atoms with E-state index in [1.165, 1.54) is 18.2 Å². The maximum Gasteiger partial charge on any atom is 0.262 e. The molecule has 1 amide bonds. The molecule has 0 saturated heterocycles. The molecule has 3 rings (SSSR count). The van der Waals surface area contributed by atoms with Gasteiger partial charge in [0.15, 0.2) is 0 Å². The lowest BCUT2D eigenvalue weighted by atomic mass is 10.1. The molecule has 3 aromatic rings. The Balaban J connectivity index is 1.64. The summed E-state index contributed by atoms with van der Waals surface area (Å²) in [4.78, 5) is 12.2. The number of furan rings is 1. The smallest absolute Gasteiger partial charge is 0.262 e. The number of carbonyl (C=O) groups is 1. The Labute approximate surface area is 156 Å². The zero-order valence-corrected chi connectivity index (χ0v) is 14.5. The first-order valence-corrected chi connectivity index (χ1v) is 8.45. The van der Waals surface area contributed by atoms with Crippen LogP contribution in [-0.4, -0.2) is 12.5 Å². The molecule has 0 aliphatic heterocycles. The first kappa shape index (κ1) is 18.2. The largest absolute Gasteiger partial charge is 0.457 e. The summed E-state index contributed by atoms with van der Waals surface area (Å²) in [6, 6.07) is 20.9. The number of benzene rings is 2. The zero-order valence-electron chi connectivity index (χ0n) is 14.5. The van der Waals surface area contributed by atoms with Crippen LogP contribution in [0.25, 0.3) is 17.4 Å². The number of hydrogen-bond donors (Lipinski definition) is 1. The molecule has 0 bridgehead atoms. The van der Waals surface area contributed by atoms with Gasteiger partial charge in [0.25, 0.3) is 5.91 Å². The van der Waals surface area contributed by atoms with Gasteiger partial charge in [0.05, 0.1) is 0 Å². The minimum atomic E-state index is -0.451. The van der Waals surface area contributed by atoms with Crippen LogP contribution in [0.1, 0.15) is 11.3 Å². The molecule has 5 heteroatoms. The highest BCUT2D eigenvalue weighted by Gasteiger charge is 2.11. The van der Waals surface area contributed by atoms with E-state index in [0.29, 0.717) is 30.0 Å². The Hall–Kier alpha value is -3.65. The van der Waals surface area contributed by atoms with E-state index in [2.05, 4.69) is 5.32 Å². The quantitative estimate of drug-likeness (QED) is 0.525. The summed E-state index contributed by atoms with van der Waals surface area (Å²) in [7, 11) is 0. The van der Waals surface area contributed by atoms with Crippen molar-refractivity contribution in [2.75, 3.05) is 6.54 Å².